The molecule has 1 N–H and O–H groups in total. The van der Waals surface area contributed by atoms with Crippen molar-refractivity contribution in [1.29, 1.82) is 0 Å². The first-order valence-corrected chi connectivity index (χ1v) is 8.32. The summed E-state index contributed by atoms with van der Waals surface area (Å²) in [7, 11) is 0. The summed E-state index contributed by atoms with van der Waals surface area (Å²) in [5.74, 6) is 1.27. The van der Waals surface area contributed by atoms with Crippen LogP contribution < -0.4 is 5.32 Å². The molecule has 1 aromatic rings. The van der Waals surface area contributed by atoms with E-state index in [1.807, 2.05) is 0 Å². The minimum Gasteiger partial charge on any atom is -0.383 e. The van der Waals surface area contributed by atoms with Gasteiger partial charge in [0.2, 0.25) is 0 Å². The fraction of sp³-hybridized carbons (Fsp3) is 0.625. The zero-order chi connectivity index (χ0) is 13.3. The number of anilines is 1. The van der Waals surface area contributed by atoms with Gasteiger partial charge >= 0.3 is 0 Å². The van der Waals surface area contributed by atoms with Crippen LogP contribution >= 0.6 is 11.8 Å². The molecule has 19 heavy (non-hydrogen) atoms. The second-order valence-electron chi connectivity index (χ2n) is 6.31. The van der Waals surface area contributed by atoms with E-state index >= 15 is 0 Å². The molecule has 0 aliphatic carbocycles. The first-order chi connectivity index (χ1) is 9.14. The van der Waals surface area contributed by atoms with E-state index in [-0.39, 0.29) is 0 Å². The average Bonchev–Trinajstić information content (AvgIpc) is 2.60. The van der Waals surface area contributed by atoms with E-state index in [4.69, 9.17) is 0 Å². The average molecular weight is 276 g/mol. The first kappa shape index (κ1) is 13.3. The maximum atomic E-state index is 3.65. The maximum absolute atomic E-state index is 3.65. The number of para-hydroxylation sites is 1. The van der Waals surface area contributed by atoms with E-state index in [0.29, 0.717) is 10.8 Å². The summed E-state index contributed by atoms with van der Waals surface area (Å²) in [6.07, 6.45) is 2.49. The summed E-state index contributed by atoms with van der Waals surface area (Å²) in [5.41, 5.74) is 2.83. The number of hydrogen-bond acceptors (Lipinski definition) is 3. The van der Waals surface area contributed by atoms with Crippen LogP contribution in [0.4, 0.5) is 5.69 Å². The summed E-state index contributed by atoms with van der Waals surface area (Å²) in [6, 6.07) is 9.45. The van der Waals surface area contributed by atoms with Gasteiger partial charge in [-0.1, -0.05) is 18.2 Å². The molecule has 0 aromatic heterocycles. The molecule has 1 unspecified atom stereocenters. The van der Waals surface area contributed by atoms with Gasteiger partial charge in [0.15, 0.2) is 0 Å². The van der Waals surface area contributed by atoms with Crippen LogP contribution in [0.3, 0.4) is 0 Å². The summed E-state index contributed by atoms with van der Waals surface area (Å²) in [4.78, 5) is 2.70. The molecule has 3 rings (SSSR count). The van der Waals surface area contributed by atoms with Gasteiger partial charge in [-0.2, -0.15) is 11.8 Å². The number of fused-ring (bicyclic) bond motifs is 1. The van der Waals surface area contributed by atoms with E-state index in [1.54, 1.807) is 0 Å². The normalized spacial score (nSPS) is 27.2. The van der Waals surface area contributed by atoms with Crippen LogP contribution in [-0.2, 0) is 6.42 Å². The lowest BCUT2D eigenvalue weighted by atomic mass is 10.0. The Bertz CT molecular complexity index is 417. The Kier molecular flexibility index (Phi) is 3.77. The number of nitrogens with one attached hydrogen (secondary N) is 1. The SMILES string of the molecule is CC1(C)CN(C2CCc3ccccc3NC2)CCS1. The van der Waals surface area contributed by atoms with Crippen molar-refractivity contribution in [2.75, 3.05) is 30.7 Å². The third-order valence-electron chi connectivity index (χ3n) is 4.26. The Morgan fingerprint density at radius 2 is 2.16 bits per heavy atom. The Morgan fingerprint density at radius 1 is 1.32 bits per heavy atom. The molecule has 3 heteroatoms. The Hall–Kier alpha value is -0.670. The van der Waals surface area contributed by atoms with Crippen LogP contribution in [0.1, 0.15) is 25.8 Å². The Morgan fingerprint density at radius 3 is 3.00 bits per heavy atom. The maximum Gasteiger partial charge on any atom is 0.0373 e. The summed E-state index contributed by atoms with van der Waals surface area (Å²) < 4.78 is 0.414. The van der Waals surface area contributed by atoms with Crippen LogP contribution in [0.2, 0.25) is 0 Å². The third-order valence-corrected chi connectivity index (χ3v) is 5.56. The highest BCUT2D eigenvalue weighted by atomic mass is 32.2. The van der Waals surface area contributed by atoms with Crippen molar-refractivity contribution < 1.29 is 0 Å². The molecule has 104 valence electrons. The highest BCUT2D eigenvalue weighted by molar-refractivity contribution is 8.00. The van der Waals surface area contributed by atoms with Gasteiger partial charge in [0.25, 0.3) is 0 Å². The lowest BCUT2D eigenvalue weighted by molar-refractivity contribution is 0.187. The molecule has 0 spiro atoms. The van der Waals surface area contributed by atoms with Crippen LogP contribution in [0, 0.1) is 0 Å². The molecule has 0 amide bonds. The van der Waals surface area contributed by atoms with Crippen molar-refractivity contribution >= 4 is 17.4 Å². The molecule has 2 aliphatic rings. The van der Waals surface area contributed by atoms with Gasteiger partial charge in [-0.25, -0.2) is 0 Å². The fourth-order valence-electron chi connectivity index (χ4n) is 3.24. The number of benzene rings is 1. The smallest absolute Gasteiger partial charge is 0.0373 e. The van der Waals surface area contributed by atoms with Crippen molar-refractivity contribution in [3.05, 3.63) is 29.8 Å². The van der Waals surface area contributed by atoms with Gasteiger partial charge in [0.1, 0.15) is 0 Å². The molecule has 2 aliphatic heterocycles. The topological polar surface area (TPSA) is 15.3 Å². The molecule has 1 atom stereocenters. The zero-order valence-corrected chi connectivity index (χ0v) is 12.8. The van der Waals surface area contributed by atoms with Crippen molar-refractivity contribution in [3.63, 3.8) is 0 Å². The Labute approximate surface area is 121 Å². The number of aryl methyl sites for hydroxylation is 1. The molecule has 0 bridgehead atoms. The predicted molar refractivity (Wildman–Crippen MR) is 85.2 cm³/mol. The molecule has 2 nitrogen and oxygen atoms in total. The second kappa shape index (κ2) is 5.37. The van der Waals surface area contributed by atoms with Crippen LogP contribution in [0.15, 0.2) is 24.3 Å². The number of nitrogens with zero attached hydrogens (tertiary/aromatic N) is 1. The minimum absolute atomic E-state index is 0.414. The summed E-state index contributed by atoms with van der Waals surface area (Å²) in [5, 5.41) is 3.65. The van der Waals surface area contributed by atoms with Gasteiger partial charge < -0.3 is 5.32 Å². The van der Waals surface area contributed by atoms with Crippen molar-refractivity contribution in [2.24, 2.45) is 0 Å². The van der Waals surface area contributed by atoms with E-state index in [0.717, 1.165) is 6.54 Å². The van der Waals surface area contributed by atoms with Crippen LogP contribution in [0.5, 0.6) is 0 Å². The van der Waals surface area contributed by atoms with Gasteiger partial charge in [-0.05, 0) is 38.3 Å². The number of thioether (sulfide) groups is 1. The molecular formula is C16H24N2S. The molecule has 0 saturated carbocycles. The summed E-state index contributed by atoms with van der Waals surface area (Å²) >= 11 is 2.12. The van der Waals surface area contributed by atoms with Gasteiger partial charge in [-0.3, -0.25) is 4.90 Å². The summed E-state index contributed by atoms with van der Waals surface area (Å²) in [6.45, 7) is 8.32. The van der Waals surface area contributed by atoms with Gasteiger partial charge in [0, 0.05) is 41.9 Å². The predicted octanol–water partition coefficient (Wildman–Crippen LogP) is 3.24. The van der Waals surface area contributed by atoms with E-state index in [1.165, 1.54) is 42.9 Å². The van der Waals surface area contributed by atoms with E-state index in [9.17, 15) is 0 Å². The van der Waals surface area contributed by atoms with E-state index in [2.05, 4.69) is 60.1 Å². The molecule has 0 radical (unpaired) electrons. The third kappa shape index (κ3) is 3.09. The van der Waals surface area contributed by atoms with Crippen molar-refractivity contribution in [3.8, 4) is 0 Å². The minimum atomic E-state index is 0.414. The molecule has 1 aromatic carbocycles. The van der Waals surface area contributed by atoms with Gasteiger partial charge in [-0.15, -0.1) is 0 Å². The zero-order valence-electron chi connectivity index (χ0n) is 12.0. The fourth-order valence-corrected chi connectivity index (χ4v) is 4.37. The second-order valence-corrected chi connectivity index (χ2v) is 8.11. The lowest BCUT2D eigenvalue weighted by Crippen LogP contribution is -2.50. The highest BCUT2D eigenvalue weighted by Crippen LogP contribution is 2.32. The molecular weight excluding hydrogens is 252 g/mol. The van der Waals surface area contributed by atoms with Crippen molar-refractivity contribution in [1.82, 2.24) is 4.90 Å². The van der Waals surface area contributed by atoms with E-state index < -0.39 is 0 Å². The molecule has 1 saturated heterocycles. The standard InChI is InChI=1S/C16H24N2S/c1-16(2)12-18(9-10-19-16)14-8-7-13-5-3-4-6-15(13)17-11-14/h3-6,14,17H,7-12H2,1-2H3. The van der Waals surface area contributed by atoms with Crippen LogP contribution in [0.25, 0.3) is 0 Å². The van der Waals surface area contributed by atoms with Crippen LogP contribution in [-0.4, -0.2) is 41.1 Å². The first-order valence-electron chi connectivity index (χ1n) is 7.34. The monoisotopic (exact) mass is 276 g/mol. The lowest BCUT2D eigenvalue weighted by Gasteiger charge is -2.41. The molecule has 1 fully saturated rings. The highest BCUT2D eigenvalue weighted by Gasteiger charge is 2.31. The van der Waals surface area contributed by atoms with Crippen molar-refractivity contribution in [2.45, 2.75) is 37.5 Å². The Balaban J connectivity index is 1.68. The largest absolute Gasteiger partial charge is 0.383 e. The molecule has 2 heterocycles. The quantitative estimate of drug-likeness (QED) is 0.848. The number of hydrogen-bond donors (Lipinski definition) is 1. The van der Waals surface area contributed by atoms with Gasteiger partial charge in [0.05, 0.1) is 0 Å². The number of rotatable bonds is 1.